The molecule has 1 aliphatic rings. The number of hydrogen-bond acceptors (Lipinski definition) is 3. The first-order valence-electron chi connectivity index (χ1n) is 6.17. The van der Waals surface area contributed by atoms with Crippen LogP contribution in [-0.4, -0.2) is 5.91 Å². The molecule has 0 unspecified atom stereocenters. The highest BCUT2D eigenvalue weighted by Crippen LogP contribution is 2.30. The first kappa shape index (κ1) is 11.1. The van der Waals surface area contributed by atoms with Crippen molar-refractivity contribution in [1.29, 1.82) is 0 Å². The summed E-state index contributed by atoms with van der Waals surface area (Å²) in [6, 6.07) is 3.69. The number of fused-ring (bicyclic) bond motifs is 1. The number of hydrogen-bond donors (Lipinski definition) is 1. The Hall–Kier alpha value is -1.97. The van der Waals surface area contributed by atoms with Crippen LogP contribution in [-0.2, 0) is 6.42 Å². The van der Waals surface area contributed by atoms with Crippen molar-refractivity contribution in [2.75, 3.05) is 0 Å². The molecule has 0 aliphatic heterocycles. The van der Waals surface area contributed by atoms with Gasteiger partial charge in [0.15, 0.2) is 0 Å². The molecule has 18 heavy (non-hydrogen) atoms. The van der Waals surface area contributed by atoms with E-state index in [2.05, 4.69) is 5.32 Å². The standard InChI is InChI=1S/C14H15NO3/c1-9-10(5-7-17-9)14(16)15-12-3-2-4-13-11(12)6-8-18-13/h5-8,12H,2-4H2,1H3,(H,15,16)/t12-/m0/s1. The fourth-order valence-electron chi connectivity index (χ4n) is 2.49. The minimum Gasteiger partial charge on any atom is -0.469 e. The Bertz CT molecular complexity index is 567. The highest BCUT2D eigenvalue weighted by Gasteiger charge is 2.25. The van der Waals surface area contributed by atoms with Crippen LogP contribution in [0.4, 0.5) is 0 Å². The molecule has 3 rings (SSSR count). The van der Waals surface area contributed by atoms with Gasteiger partial charge in [0.05, 0.1) is 24.1 Å². The predicted octanol–water partition coefficient (Wildman–Crippen LogP) is 2.99. The summed E-state index contributed by atoms with van der Waals surface area (Å²) >= 11 is 0. The maximum Gasteiger partial charge on any atom is 0.255 e. The van der Waals surface area contributed by atoms with Gasteiger partial charge in [-0.25, -0.2) is 0 Å². The van der Waals surface area contributed by atoms with Crippen LogP contribution in [0.2, 0.25) is 0 Å². The second-order valence-corrected chi connectivity index (χ2v) is 4.61. The molecule has 1 aliphatic carbocycles. The van der Waals surface area contributed by atoms with Crippen molar-refractivity contribution in [2.45, 2.75) is 32.2 Å². The Morgan fingerprint density at radius 2 is 2.17 bits per heavy atom. The Kier molecular flexibility index (Phi) is 2.70. The number of nitrogens with one attached hydrogen (secondary N) is 1. The van der Waals surface area contributed by atoms with Gasteiger partial charge in [-0.1, -0.05) is 0 Å². The fraction of sp³-hybridized carbons (Fsp3) is 0.357. The summed E-state index contributed by atoms with van der Waals surface area (Å²) in [5.41, 5.74) is 1.71. The SMILES string of the molecule is Cc1occc1C(=O)N[C@H]1CCCc2occc21. The zero-order valence-electron chi connectivity index (χ0n) is 10.2. The van der Waals surface area contributed by atoms with Crippen LogP contribution >= 0.6 is 0 Å². The first-order chi connectivity index (χ1) is 8.75. The van der Waals surface area contributed by atoms with Crippen molar-refractivity contribution in [3.63, 3.8) is 0 Å². The molecule has 4 nitrogen and oxygen atoms in total. The first-order valence-corrected chi connectivity index (χ1v) is 6.17. The topological polar surface area (TPSA) is 55.4 Å². The lowest BCUT2D eigenvalue weighted by atomic mass is 9.93. The molecule has 0 saturated carbocycles. The van der Waals surface area contributed by atoms with E-state index in [4.69, 9.17) is 8.83 Å². The third-order valence-electron chi connectivity index (χ3n) is 3.46. The smallest absolute Gasteiger partial charge is 0.255 e. The summed E-state index contributed by atoms with van der Waals surface area (Å²) in [5.74, 6) is 1.56. The van der Waals surface area contributed by atoms with Crippen molar-refractivity contribution >= 4 is 5.91 Å². The number of aryl methyl sites for hydroxylation is 2. The molecular weight excluding hydrogens is 230 g/mol. The average molecular weight is 245 g/mol. The van der Waals surface area contributed by atoms with Crippen molar-refractivity contribution in [3.05, 3.63) is 47.3 Å². The molecule has 1 atom stereocenters. The highest BCUT2D eigenvalue weighted by molar-refractivity contribution is 5.95. The lowest BCUT2D eigenvalue weighted by molar-refractivity contribution is 0.0930. The van der Waals surface area contributed by atoms with E-state index in [1.807, 2.05) is 6.07 Å². The second-order valence-electron chi connectivity index (χ2n) is 4.61. The van der Waals surface area contributed by atoms with Gasteiger partial charge in [0.25, 0.3) is 5.91 Å². The molecule has 2 aromatic rings. The van der Waals surface area contributed by atoms with E-state index in [0.717, 1.165) is 30.6 Å². The van der Waals surface area contributed by atoms with Crippen molar-refractivity contribution in [1.82, 2.24) is 5.32 Å². The normalized spacial score (nSPS) is 18.4. The van der Waals surface area contributed by atoms with Crippen LogP contribution in [0.3, 0.4) is 0 Å². The fourth-order valence-corrected chi connectivity index (χ4v) is 2.49. The minimum atomic E-state index is -0.0831. The van der Waals surface area contributed by atoms with E-state index in [0.29, 0.717) is 11.3 Å². The van der Waals surface area contributed by atoms with E-state index in [-0.39, 0.29) is 11.9 Å². The van der Waals surface area contributed by atoms with Gasteiger partial charge in [-0.15, -0.1) is 0 Å². The van der Waals surface area contributed by atoms with Gasteiger partial charge >= 0.3 is 0 Å². The van der Waals surface area contributed by atoms with E-state index in [9.17, 15) is 4.79 Å². The van der Waals surface area contributed by atoms with Crippen molar-refractivity contribution in [2.24, 2.45) is 0 Å². The number of rotatable bonds is 2. The van der Waals surface area contributed by atoms with Crippen molar-refractivity contribution < 1.29 is 13.6 Å². The van der Waals surface area contributed by atoms with Gasteiger partial charge in [-0.2, -0.15) is 0 Å². The molecule has 0 radical (unpaired) electrons. The Morgan fingerprint density at radius 3 is 2.94 bits per heavy atom. The van der Waals surface area contributed by atoms with Gasteiger partial charge in [0.2, 0.25) is 0 Å². The molecule has 4 heteroatoms. The number of carbonyl (C=O) groups excluding carboxylic acids is 1. The van der Waals surface area contributed by atoms with E-state index in [1.165, 1.54) is 6.26 Å². The van der Waals surface area contributed by atoms with Gasteiger partial charge < -0.3 is 14.2 Å². The second kappa shape index (κ2) is 4.37. The van der Waals surface area contributed by atoms with Gasteiger partial charge in [0, 0.05) is 12.0 Å². The summed E-state index contributed by atoms with van der Waals surface area (Å²) in [5, 5.41) is 3.05. The summed E-state index contributed by atoms with van der Waals surface area (Å²) in [4.78, 5) is 12.1. The van der Waals surface area contributed by atoms with Crippen LogP contribution in [0.15, 0.2) is 33.5 Å². The Labute approximate surface area is 105 Å². The Balaban J connectivity index is 1.79. The molecule has 0 aromatic carbocycles. The van der Waals surface area contributed by atoms with Crippen molar-refractivity contribution in [3.8, 4) is 0 Å². The van der Waals surface area contributed by atoms with Crippen LogP contribution in [0.1, 0.15) is 46.3 Å². The molecule has 0 saturated heterocycles. The number of amides is 1. The Morgan fingerprint density at radius 1 is 1.33 bits per heavy atom. The monoisotopic (exact) mass is 245 g/mol. The largest absolute Gasteiger partial charge is 0.469 e. The number of carbonyl (C=O) groups is 1. The molecule has 94 valence electrons. The average Bonchev–Trinajstić information content (AvgIpc) is 2.97. The summed E-state index contributed by atoms with van der Waals surface area (Å²) in [7, 11) is 0. The molecule has 1 N–H and O–H groups in total. The molecule has 2 heterocycles. The minimum absolute atomic E-state index is 0.0503. The third kappa shape index (κ3) is 1.83. The summed E-state index contributed by atoms with van der Waals surface area (Å²) in [6.45, 7) is 1.79. The molecule has 1 amide bonds. The van der Waals surface area contributed by atoms with Gasteiger partial charge in [0.1, 0.15) is 11.5 Å². The molecule has 0 bridgehead atoms. The lowest BCUT2D eigenvalue weighted by Gasteiger charge is -2.22. The van der Waals surface area contributed by atoms with Crippen LogP contribution in [0.5, 0.6) is 0 Å². The third-order valence-corrected chi connectivity index (χ3v) is 3.46. The van der Waals surface area contributed by atoms with Gasteiger partial charge in [-0.3, -0.25) is 4.79 Å². The number of furan rings is 2. The molecular formula is C14H15NO3. The van der Waals surface area contributed by atoms with Crippen LogP contribution in [0.25, 0.3) is 0 Å². The molecule has 0 fully saturated rings. The van der Waals surface area contributed by atoms with Gasteiger partial charge in [-0.05, 0) is 31.9 Å². The summed E-state index contributed by atoms with van der Waals surface area (Å²) in [6.07, 6.45) is 6.18. The van der Waals surface area contributed by atoms with Crippen LogP contribution < -0.4 is 5.32 Å². The zero-order valence-corrected chi connectivity index (χ0v) is 10.2. The van der Waals surface area contributed by atoms with E-state index in [1.54, 1.807) is 19.3 Å². The van der Waals surface area contributed by atoms with E-state index >= 15 is 0 Å². The zero-order chi connectivity index (χ0) is 12.5. The molecule has 2 aromatic heterocycles. The lowest BCUT2D eigenvalue weighted by Crippen LogP contribution is -2.30. The highest BCUT2D eigenvalue weighted by atomic mass is 16.3. The predicted molar refractivity (Wildman–Crippen MR) is 65.3 cm³/mol. The maximum absolute atomic E-state index is 12.1. The van der Waals surface area contributed by atoms with E-state index < -0.39 is 0 Å². The maximum atomic E-state index is 12.1. The molecule has 0 spiro atoms. The van der Waals surface area contributed by atoms with Crippen LogP contribution in [0, 0.1) is 6.92 Å². The summed E-state index contributed by atoms with van der Waals surface area (Å²) < 4.78 is 10.6. The quantitative estimate of drug-likeness (QED) is 0.884.